The first-order valence-electron chi connectivity index (χ1n) is 8.83. The first-order chi connectivity index (χ1) is 12.9. The van der Waals surface area contributed by atoms with E-state index in [9.17, 15) is 13.2 Å². The van der Waals surface area contributed by atoms with Crippen LogP contribution in [0.25, 0.3) is 0 Å². The molecule has 0 unspecified atom stereocenters. The number of benzene rings is 1. The third-order valence-corrected chi connectivity index (χ3v) is 6.45. The number of sulfonamides is 1. The number of pyridine rings is 1. The second-order valence-corrected chi connectivity index (χ2v) is 8.84. The number of hydrogen-bond acceptors (Lipinski definition) is 6. The maximum Gasteiger partial charge on any atom is 0.235 e. The molecule has 0 saturated carbocycles. The molecule has 2 heterocycles. The van der Waals surface area contributed by atoms with Crippen LogP contribution in [0.1, 0.15) is 34.1 Å². The van der Waals surface area contributed by atoms with Crippen LogP contribution in [-0.2, 0) is 29.7 Å². The SMILES string of the molecule is CCS(=O)(=O)N(Cc1ccc(C(=O)CN)cn1)c1cccc2c1CN(C)C2. The van der Waals surface area contributed by atoms with E-state index in [0.29, 0.717) is 23.5 Å². The Bertz CT molecular complexity index is 942. The molecular formula is C19H24N4O3S. The van der Waals surface area contributed by atoms with Crippen LogP contribution in [0.2, 0.25) is 0 Å². The lowest BCUT2D eigenvalue weighted by Crippen LogP contribution is -2.33. The van der Waals surface area contributed by atoms with Gasteiger partial charge in [-0.25, -0.2) is 8.42 Å². The summed E-state index contributed by atoms with van der Waals surface area (Å²) < 4.78 is 27.1. The van der Waals surface area contributed by atoms with Crippen LogP contribution in [0.3, 0.4) is 0 Å². The topological polar surface area (TPSA) is 96.6 Å². The second kappa shape index (κ2) is 7.75. The van der Waals surface area contributed by atoms with E-state index in [0.717, 1.165) is 17.7 Å². The summed E-state index contributed by atoms with van der Waals surface area (Å²) in [5, 5.41) is 0. The monoisotopic (exact) mass is 388 g/mol. The van der Waals surface area contributed by atoms with E-state index in [-0.39, 0.29) is 24.6 Å². The normalized spacial score (nSPS) is 14.2. The van der Waals surface area contributed by atoms with Gasteiger partial charge in [-0.15, -0.1) is 0 Å². The highest BCUT2D eigenvalue weighted by Crippen LogP contribution is 2.33. The number of ketones is 1. The molecule has 2 N–H and O–H groups in total. The van der Waals surface area contributed by atoms with Crippen molar-refractivity contribution < 1.29 is 13.2 Å². The van der Waals surface area contributed by atoms with Crippen molar-refractivity contribution in [1.29, 1.82) is 0 Å². The Morgan fingerprint density at radius 1 is 1.26 bits per heavy atom. The Balaban J connectivity index is 1.97. The van der Waals surface area contributed by atoms with Gasteiger partial charge in [-0.2, -0.15) is 0 Å². The van der Waals surface area contributed by atoms with Gasteiger partial charge in [0.2, 0.25) is 10.0 Å². The van der Waals surface area contributed by atoms with Gasteiger partial charge in [0.05, 0.1) is 30.2 Å². The number of anilines is 1. The van der Waals surface area contributed by atoms with E-state index in [1.807, 2.05) is 25.2 Å². The summed E-state index contributed by atoms with van der Waals surface area (Å²) in [4.78, 5) is 18.1. The molecule has 1 aliphatic heterocycles. The van der Waals surface area contributed by atoms with E-state index in [2.05, 4.69) is 9.88 Å². The van der Waals surface area contributed by atoms with Gasteiger partial charge in [0, 0.05) is 24.8 Å². The minimum absolute atomic E-state index is 0.00372. The molecule has 1 aromatic heterocycles. The summed E-state index contributed by atoms with van der Waals surface area (Å²) in [6.07, 6.45) is 1.45. The summed E-state index contributed by atoms with van der Waals surface area (Å²) in [7, 11) is -1.48. The number of hydrogen-bond donors (Lipinski definition) is 1. The van der Waals surface area contributed by atoms with Crippen LogP contribution in [0.15, 0.2) is 36.5 Å². The van der Waals surface area contributed by atoms with Crippen molar-refractivity contribution in [3.63, 3.8) is 0 Å². The Kier molecular flexibility index (Phi) is 5.59. The number of Topliss-reactive ketones (excluding diaryl/α,β-unsaturated/α-hetero) is 1. The molecule has 0 aliphatic carbocycles. The fourth-order valence-corrected chi connectivity index (χ4v) is 4.35. The summed E-state index contributed by atoms with van der Waals surface area (Å²) in [5.74, 6) is -0.202. The first kappa shape index (κ1) is 19.5. The maximum absolute atomic E-state index is 12.8. The van der Waals surface area contributed by atoms with E-state index >= 15 is 0 Å². The van der Waals surface area contributed by atoms with Crippen molar-refractivity contribution in [2.75, 3.05) is 23.7 Å². The van der Waals surface area contributed by atoms with Gasteiger partial charge in [-0.05, 0) is 43.3 Å². The summed E-state index contributed by atoms with van der Waals surface area (Å²) in [6.45, 7) is 3.18. The Morgan fingerprint density at radius 3 is 2.67 bits per heavy atom. The zero-order valence-electron chi connectivity index (χ0n) is 15.6. The molecule has 0 bridgehead atoms. The van der Waals surface area contributed by atoms with Gasteiger partial charge in [0.15, 0.2) is 5.78 Å². The van der Waals surface area contributed by atoms with Crippen molar-refractivity contribution in [1.82, 2.24) is 9.88 Å². The highest BCUT2D eigenvalue weighted by atomic mass is 32.2. The highest BCUT2D eigenvalue weighted by Gasteiger charge is 2.27. The van der Waals surface area contributed by atoms with Gasteiger partial charge < -0.3 is 5.73 Å². The standard InChI is InChI=1S/C19H24N4O3S/c1-3-27(25,26)23(12-16-8-7-14(10-21-16)19(24)9-20)18-6-4-5-15-11-22(2)13-17(15)18/h4-8,10H,3,9,11-13,20H2,1-2H3. The fraction of sp³-hybridized carbons (Fsp3) is 0.368. The van der Waals surface area contributed by atoms with Gasteiger partial charge in [0.1, 0.15) is 0 Å². The smallest absolute Gasteiger partial charge is 0.235 e. The second-order valence-electron chi connectivity index (χ2n) is 6.66. The van der Waals surface area contributed by atoms with Crippen LogP contribution in [-0.4, -0.2) is 43.4 Å². The third-order valence-electron chi connectivity index (χ3n) is 4.72. The molecule has 0 spiro atoms. The summed E-state index contributed by atoms with van der Waals surface area (Å²) in [5.41, 5.74) is 9.24. The van der Waals surface area contributed by atoms with Crippen LogP contribution in [0, 0.1) is 0 Å². The predicted octanol–water partition coefficient (Wildman–Crippen LogP) is 1.52. The van der Waals surface area contributed by atoms with Crippen molar-refractivity contribution in [3.05, 3.63) is 58.9 Å². The molecule has 144 valence electrons. The molecule has 0 atom stereocenters. The number of nitrogens with zero attached hydrogens (tertiary/aromatic N) is 3. The molecule has 7 nitrogen and oxygen atoms in total. The van der Waals surface area contributed by atoms with E-state index in [4.69, 9.17) is 5.73 Å². The van der Waals surface area contributed by atoms with E-state index in [1.165, 1.54) is 10.5 Å². The molecule has 0 radical (unpaired) electrons. The summed E-state index contributed by atoms with van der Waals surface area (Å²) >= 11 is 0. The quantitative estimate of drug-likeness (QED) is 0.723. The van der Waals surface area contributed by atoms with Crippen molar-refractivity contribution in [2.45, 2.75) is 26.6 Å². The van der Waals surface area contributed by atoms with Crippen molar-refractivity contribution in [2.24, 2.45) is 5.73 Å². The van der Waals surface area contributed by atoms with Gasteiger partial charge in [-0.1, -0.05) is 12.1 Å². The highest BCUT2D eigenvalue weighted by molar-refractivity contribution is 7.92. The Hall–Kier alpha value is -2.29. The Labute approximate surface area is 159 Å². The van der Waals surface area contributed by atoms with Crippen molar-refractivity contribution >= 4 is 21.5 Å². The zero-order valence-corrected chi connectivity index (χ0v) is 16.4. The molecular weight excluding hydrogens is 364 g/mol. The fourth-order valence-electron chi connectivity index (χ4n) is 3.24. The minimum Gasteiger partial charge on any atom is -0.324 e. The average molecular weight is 388 g/mol. The number of rotatable bonds is 7. The minimum atomic E-state index is -3.49. The predicted molar refractivity (Wildman–Crippen MR) is 105 cm³/mol. The number of nitrogens with two attached hydrogens (primary N) is 1. The van der Waals surface area contributed by atoms with Gasteiger partial charge >= 0.3 is 0 Å². The number of aromatic nitrogens is 1. The molecule has 0 fully saturated rings. The number of carbonyl (C=O) groups excluding carboxylic acids is 1. The zero-order chi connectivity index (χ0) is 19.6. The molecule has 1 aliphatic rings. The lowest BCUT2D eigenvalue weighted by molar-refractivity contribution is 0.100. The summed E-state index contributed by atoms with van der Waals surface area (Å²) in [6, 6.07) is 9.08. The largest absolute Gasteiger partial charge is 0.324 e. The molecule has 0 saturated heterocycles. The van der Waals surface area contributed by atoms with E-state index in [1.54, 1.807) is 19.1 Å². The average Bonchev–Trinajstić information content (AvgIpc) is 3.06. The molecule has 8 heteroatoms. The van der Waals surface area contributed by atoms with Gasteiger partial charge in [0.25, 0.3) is 0 Å². The maximum atomic E-state index is 12.8. The number of carbonyl (C=O) groups is 1. The van der Waals surface area contributed by atoms with Crippen LogP contribution < -0.4 is 10.0 Å². The number of fused-ring (bicyclic) bond motifs is 1. The molecule has 3 rings (SSSR count). The molecule has 2 aromatic rings. The molecule has 0 amide bonds. The molecule has 1 aromatic carbocycles. The van der Waals surface area contributed by atoms with Crippen LogP contribution in [0.4, 0.5) is 5.69 Å². The third kappa shape index (κ3) is 4.02. The van der Waals surface area contributed by atoms with Crippen molar-refractivity contribution in [3.8, 4) is 0 Å². The van der Waals surface area contributed by atoms with Crippen LogP contribution in [0.5, 0.6) is 0 Å². The Morgan fingerprint density at radius 2 is 2.04 bits per heavy atom. The van der Waals surface area contributed by atoms with E-state index < -0.39 is 10.0 Å². The lowest BCUT2D eigenvalue weighted by Gasteiger charge is -2.26. The lowest BCUT2D eigenvalue weighted by atomic mass is 10.1. The van der Waals surface area contributed by atoms with Gasteiger partial charge in [-0.3, -0.25) is 19.0 Å². The first-order valence-corrected chi connectivity index (χ1v) is 10.4. The van der Waals surface area contributed by atoms with Crippen LogP contribution >= 0.6 is 0 Å². The molecule has 27 heavy (non-hydrogen) atoms.